The number of carbonyl (C=O) groups is 2. The van der Waals surface area contributed by atoms with Crippen molar-refractivity contribution in [1.82, 2.24) is 5.32 Å². The molecule has 2 aromatic rings. The molecule has 0 saturated carbocycles. The number of carbonyl (C=O) groups excluding carboxylic acids is 2. The van der Waals surface area contributed by atoms with E-state index in [9.17, 15) is 24.4 Å². The molecule has 0 aromatic heterocycles. The molecule has 8 nitrogen and oxygen atoms in total. The molecule has 0 saturated heterocycles. The van der Waals surface area contributed by atoms with Crippen molar-refractivity contribution in [3.05, 3.63) is 50.4 Å². The lowest BCUT2D eigenvalue weighted by molar-refractivity contribution is -0.146. The Morgan fingerprint density at radius 2 is 1.79 bits per heavy atom. The Morgan fingerprint density at radius 3 is 2.32 bits per heavy atom. The maximum absolute atomic E-state index is 12.9. The summed E-state index contributed by atoms with van der Waals surface area (Å²) in [6.07, 6.45) is 0.636. The van der Waals surface area contributed by atoms with Crippen molar-refractivity contribution in [2.45, 2.75) is 45.5 Å². The quantitative estimate of drug-likeness (QED) is 0.233. The molecule has 2 rings (SSSR count). The van der Waals surface area contributed by atoms with E-state index < -0.39 is 31.7 Å². The second kappa shape index (κ2) is 12.1. The third-order valence-electron chi connectivity index (χ3n) is 5.23. The number of hydrogen-bond donors (Lipinski definition) is 3. The van der Waals surface area contributed by atoms with E-state index in [4.69, 9.17) is 9.47 Å². The zero-order valence-corrected chi connectivity index (χ0v) is 23.3. The number of phenols is 1. The van der Waals surface area contributed by atoms with Gasteiger partial charge in [0, 0.05) is 12.5 Å². The van der Waals surface area contributed by atoms with E-state index in [2.05, 4.69) is 37.2 Å². The second-order valence-corrected chi connectivity index (χ2v) is 10.7. The van der Waals surface area contributed by atoms with Crippen LogP contribution in [0.4, 0.5) is 0 Å². The van der Waals surface area contributed by atoms with E-state index >= 15 is 0 Å². The van der Waals surface area contributed by atoms with Gasteiger partial charge in [0.15, 0.2) is 5.75 Å². The maximum atomic E-state index is 12.9. The Kier molecular flexibility index (Phi) is 10.1. The fraction of sp³-hybridized carbons (Fsp3) is 0.391. The lowest BCUT2D eigenvalue weighted by atomic mass is 9.98. The molecule has 0 aliphatic heterocycles. The van der Waals surface area contributed by atoms with Gasteiger partial charge < -0.3 is 25.0 Å². The normalized spacial score (nSPS) is 14.7. The fourth-order valence-electron chi connectivity index (χ4n) is 3.00. The Balaban J connectivity index is 2.34. The molecule has 34 heavy (non-hydrogen) atoms. The number of aromatic hydroxyl groups is 1. The molecule has 0 aliphatic carbocycles. The van der Waals surface area contributed by atoms with Crippen LogP contribution in [0.2, 0.25) is 0 Å². The molecule has 0 radical (unpaired) electrons. The van der Waals surface area contributed by atoms with Gasteiger partial charge in [0.05, 0.1) is 21.1 Å². The zero-order chi connectivity index (χ0) is 25.6. The summed E-state index contributed by atoms with van der Waals surface area (Å²) in [6, 6.07) is 6.43. The number of benzene rings is 2. The summed E-state index contributed by atoms with van der Waals surface area (Å²) in [7, 11) is -0.970. The van der Waals surface area contributed by atoms with Crippen molar-refractivity contribution in [3.63, 3.8) is 0 Å². The summed E-state index contributed by atoms with van der Waals surface area (Å²) < 4.78 is 23.2. The minimum Gasteiger partial charge on any atom is -0.507 e. The van der Waals surface area contributed by atoms with E-state index in [1.54, 1.807) is 19.1 Å². The summed E-state index contributed by atoms with van der Waals surface area (Å²) in [5, 5.41) is 21.7. The number of esters is 1. The van der Waals surface area contributed by atoms with Crippen molar-refractivity contribution in [3.8, 4) is 17.2 Å². The van der Waals surface area contributed by atoms with Gasteiger partial charge in [-0.2, -0.15) is 0 Å². The SMILES string of the molecule is CCOC(=O)C(NC(=O)c1cc(Oc2c(Br)cc(C(C)(O)[PH+]=O)cc2Br)ccc1O)C(C)CC. The summed E-state index contributed by atoms with van der Waals surface area (Å²) in [4.78, 5) is 25.2. The number of phenolic OH excluding ortho intramolecular Hbond substituents is 1. The lowest BCUT2D eigenvalue weighted by Crippen LogP contribution is -2.46. The van der Waals surface area contributed by atoms with Gasteiger partial charge in [0.25, 0.3) is 11.2 Å². The van der Waals surface area contributed by atoms with Crippen LogP contribution < -0.4 is 10.1 Å². The molecule has 0 heterocycles. The van der Waals surface area contributed by atoms with E-state index in [1.807, 2.05) is 13.8 Å². The molecular formula is C23H27Br2NO7P+. The van der Waals surface area contributed by atoms with Crippen LogP contribution in [-0.2, 0) is 19.4 Å². The minimum atomic E-state index is -1.53. The predicted molar refractivity (Wildman–Crippen MR) is 136 cm³/mol. The van der Waals surface area contributed by atoms with Crippen LogP contribution in [0.1, 0.15) is 50.0 Å². The maximum Gasteiger partial charge on any atom is 0.364 e. The van der Waals surface area contributed by atoms with E-state index in [1.165, 1.54) is 25.1 Å². The van der Waals surface area contributed by atoms with Crippen LogP contribution in [0.25, 0.3) is 0 Å². The first-order valence-electron chi connectivity index (χ1n) is 10.5. The molecular weight excluding hydrogens is 593 g/mol. The van der Waals surface area contributed by atoms with Crippen molar-refractivity contribution in [1.29, 1.82) is 0 Å². The highest BCUT2D eigenvalue weighted by Gasteiger charge is 2.33. The molecule has 3 N–H and O–H groups in total. The zero-order valence-electron chi connectivity index (χ0n) is 19.1. The number of aliphatic hydroxyl groups is 1. The van der Waals surface area contributed by atoms with Crippen LogP contribution in [0.3, 0.4) is 0 Å². The average molecular weight is 620 g/mol. The van der Waals surface area contributed by atoms with Crippen LogP contribution in [-0.4, -0.2) is 34.7 Å². The van der Waals surface area contributed by atoms with Crippen molar-refractivity contribution >= 4 is 52.2 Å². The molecule has 4 atom stereocenters. The molecule has 11 heteroatoms. The largest absolute Gasteiger partial charge is 0.507 e. The number of amides is 1. The first kappa shape index (κ1) is 28.2. The summed E-state index contributed by atoms with van der Waals surface area (Å²) >= 11 is 6.76. The Hall–Kier alpha value is -2.00. The van der Waals surface area contributed by atoms with Gasteiger partial charge in [-0.1, -0.05) is 24.8 Å². The van der Waals surface area contributed by atoms with Crippen LogP contribution in [0.5, 0.6) is 17.2 Å². The summed E-state index contributed by atoms with van der Waals surface area (Å²) in [5.41, 5.74) is 0.335. The van der Waals surface area contributed by atoms with Gasteiger partial charge in [-0.25, -0.2) is 4.79 Å². The Morgan fingerprint density at radius 1 is 1.18 bits per heavy atom. The first-order valence-corrected chi connectivity index (χ1v) is 13.0. The highest BCUT2D eigenvalue weighted by atomic mass is 79.9. The Labute approximate surface area is 216 Å². The molecule has 184 valence electrons. The smallest absolute Gasteiger partial charge is 0.364 e. The van der Waals surface area contributed by atoms with E-state index in [0.29, 0.717) is 26.7 Å². The highest BCUT2D eigenvalue weighted by molar-refractivity contribution is 9.11. The van der Waals surface area contributed by atoms with Crippen molar-refractivity contribution in [2.75, 3.05) is 6.61 Å². The van der Waals surface area contributed by atoms with Crippen molar-refractivity contribution < 1.29 is 33.8 Å². The number of halogens is 2. The van der Waals surface area contributed by atoms with Gasteiger partial charge in [0.2, 0.25) is 0 Å². The standard InChI is InChI=1S/C23H26Br2NO7P/c1-5-12(3)19(22(29)32-6-2)26-21(28)15-11-14(7-8-18(15)27)33-20-16(24)9-13(10-17(20)25)23(4,30)34-31/h7-12,19,27,30H,5-6H2,1-4H3,(H,26,28)/p+1. The number of nitrogens with one attached hydrogen (secondary N) is 1. The number of ether oxygens (including phenoxy) is 2. The van der Waals surface area contributed by atoms with Gasteiger partial charge >= 0.3 is 14.4 Å². The summed E-state index contributed by atoms with van der Waals surface area (Å²) in [6.45, 7) is 7.02. The van der Waals surface area contributed by atoms with Crippen LogP contribution in [0, 0.1) is 5.92 Å². The highest BCUT2D eigenvalue weighted by Crippen LogP contribution is 2.42. The molecule has 0 fully saturated rings. The topological polar surface area (TPSA) is 122 Å². The van der Waals surface area contributed by atoms with Crippen LogP contribution >= 0.6 is 40.3 Å². The van der Waals surface area contributed by atoms with Gasteiger partial charge in [-0.15, -0.1) is 0 Å². The van der Waals surface area contributed by atoms with Crippen molar-refractivity contribution in [2.24, 2.45) is 5.92 Å². The molecule has 1 amide bonds. The number of hydrogen-bond acceptors (Lipinski definition) is 7. The molecule has 4 unspecified atom stereocenters. The molecule has 0 bridgehead atoms. The first-order chi connectivity index (χ1) is 15.9. The monoisotopic (exact) mass is 618 g/mol. The van der Waals surface area contributed by atoms with Gasteiger partial charge in [-0.3, -0.25) is 4.79 Å². The fourth-order valence-corrected chi connectivity index (χ4v) is 4.61. The van der Waals surface area contributed by atoms with E-state index in [0.717, 1.165) is 0 Å². The van der Waals surface area contributed by atoms with E-state index in [-0.39, 0.29) is 29.6 Å². The average Bonchev–Trinajstić information content (AvgIpc) is 2.80. The lowest BCUT2D eigenvalue weighted by Gasteiger charge is -2.22. The van der Waals surface area contributed by atoms with Crippen LogP contribution in [0.15, 0.2) is 39.3 Å². The number of rotatable bonds is 10. The Bertz CT molecular complexity index is 1050. The molecule has 0 aliphatic rings. The molecule has 0 spiro atoms. The minimum absolute atomic E-state index is 0.0746. The third kappa shape index (κ3) is 6.78. The van der Waals surface area contributed by atoms with Gasteiger partial charge in [0.1, 0.15) is 17.5 Å². The molecule has 2 aromatic carbocycles. The second-order valence-electron chi connectivity index (χ2n) is 7.81. The van der Waals surface area contributed by atoms with Gasteiger partial charge in [-0.05, 0) is 75.0 Å². The third-order valence-corrected chi connectivity index (χ3v) is 7.10. The predicted octanol–water partition coefficient (Wildman–Crippen LogP) is 5.61. The summed E-state index contributed by atoms with van der Waals surface area (Å²) in [5.74, 6) is -1.07.